The van der Waals surface area contributed by atoms with Crippen LogP contribution in [0.1, 0.15) is 6.92 Å². The van der Waals surface area contributed by atoms with Crippen molar-refractivity contribution in [3.8, 4) is 0 Å². The van der Waals surface area contributed by atoms with Gasteiger partial charge in [-0.05, 0) is 19.1 Å². The molecule has 0 spiro atoms. The van der Waals surface area contributed by atoms with Crippen molar-refractivity contribution >= 4 is 5.65 Å². The van der Waals surface area contributed by atoms with E-state index in [1.807, 2.05) is 25.1 Å². The summed E-state index contributed by atoms with van der Waals surface area (Å²) in [7, 11) is 0. The Kier molecular flexibility index (Phi) is 4.05. The van der Waals surface area contributed by atoms with Gasteiger partial charge in [0.1, 0.15) is 0 Å². The maximum Gasteiger partial charge on any atom is 0.350 e. The predicted molar refractivity (Wildman–Crippen MR) is 79.3 cm³/mol. The van der Waals surface area contributed by atoms with Crippen LogP contribution < -0.4 is 11.4 Å². The maximum absolute atomic E-state index is 12.2. The smallest absolute Gasteiger partial charge is 0.350 e. The number of nitrogens with two attached hydrogens (primary N) is 1. The van der Waals surface area contributed by atoms with Crippen molar-refractivity contribution < 1.29 is 4.74 Å². The summed E-state index contributed by atoms with van der Waals surface area (Å²) in [5.74, 6) is 0. The van der Waals surface area contributed by atoms with Crippen LogP contribution in [-0.4, -0.2) is 57.5 Å². The molecule has 2 atom stereocenters. The zero-order chi connectivity index (χ0) is 14.8. The highest BCUT2D eigenvalue weighted by atomic mass is 16.5. The maximum atomic E-state index is 12.2. The van der Waals surface area contributed by atoms with E-state index >= 15 is 0 Å². The molecule has 21 heavy (non-hydrogen) atoms. The summed E-state index contributed by atoms with van der Waals surface area (Å²) < 4.78 is 8.72. The first kappa shape index (κ1) is 14.2. The van der Waals surface area contributed by atoms with Crippen LogP contribution in [-0.2, 0) is 11.3 Å². The fraction of sp³-hybridized carbons (Fsp3) is 0.571. The molecule has 1 saturated heterocycles. The summed E-state index contributed by atoms with van der Waals surface area (Å²) in [4.78, 5) is 14.4. The fourth-order valence-electron chi connectivity index (χ4n) is 2.60. The first-order valence-corrected chi connectivity index (χ1v) is 7.29. The number of rotatable bonds is 4. The number of hydrogen-bond donors (Lipinski definition) is 1. The lowest BCUT2D eigenvalue weighted by atomic mass is 10.1. The lowest BCUT2D eigenvalue weighted by molar-refractivity contribution is -0.0386. The van der Waals surface area contributed by atoms with Crippen LogP contribution in [0.25, 0.3) is 5.65 Å². The van der Waals surface area contributed by atoms with Crippen molar-refractivity contribution in [2.24, 2.45) is 5.73 Å². The van der Waals surface area contributed by atoms with Crippen LogP contribution in [0.3, 0.4) is 0 Å². The Morgan fingerprint density at radius 2 is 2.33 bits per heavy atom. The summed E-state index contributed by atoms with van der Waals surface area (Å²) in [6.45, 7) is 5.67. The zero-order valence-electron chi connectivity index (χ0n) is 12.2. The molecule has 0 aliphatic carbocycles. The van der Waals surface area contributed by atoms with Crippen molar-refractivity contribution in [1.82, 2.24) is 19.1 Å². The minimum atomic E-state index is -0.0948. The van der Waals surface area contributed by atoms with E-state index in [1.165, 1.54) is 4.68 Å². The molecule has 0 saturated carbocycles. The molecule has 0 amide bonds. The molecule has 3 heterocycles. The number of ether oxygens (including phenoxy) is 1. The monoisotopic (exact) mass is 291 g/mol. The highest BCUT2D eigenvalue weighted by molar-refractivity contribution is 5.35. The molecule has 2 aromatic heterocycles. The molecule has 1 aliphatic rings. The molecular formula is C14H21N5O2. The Morgan fingerprint density at radius 3 is 3.10 bits per heavy atom. The fourth-order valence-corrected chi connectivity index (χ4v) is 2.60. The summed E-state index contributed by atoms with van der Waals surface area (Å²) in [6.07, 6.45) is 1.80. The number of hydrogen-bond acceptors (Lipinski definition) is 5. The van der Waals surface area contributed by atoms with Gasteiger partial charge in [-0.1, -0.05) is 6.07 Å². The first-order chi connectivity index (χ1) is 10.1. The SMILES string of the molecule is CC(N)C1CN(CCn2nc3ccccn3c2=O)CCO1. The second-order valence-corrected chi connectivity index (χ2v) is 5.50. The minimum absolute atomic E-state index is 0.0192. The topological polar surface area (TPSA) is 77.8 Å². The van der Waals surface area contributed by atoms with E-state index in [0.717, 1.165) is 19.6 Å². The van der Waals surface area contributed by atoms with E-state index < -0.39 is 0 Å². The molecule has 1 fully saturated rings. The number of fused-ring (bicyclic) bond motifs is 1. The van der Waals surface area contributed by atoms with Crippen molar-refractivity contribution in [2.75, 3.05) is 26.2 Å². The van der Waals surface area contributed by atoms with Crippen LogP contribution in [0.4, 0.5) is 0 Å². The van der Waals surface area contributed by atoms with Crippen LogP contribution in [0.15, 0.2) is 29.2 Å². The first-order valence-electron chi connectivity index (χ1n) is 7.29. The van der Waals surface area contributed by atoms with Gasteiger partial charge in [-0.15, -0.1) is 5.10 Å². The molecule has 2 unspecified atom stereocenters. The second kappa shape index (κ2) is 5.97. The Hall–Kier alpha value is -1.70. The lowest BCUT2D eigenvalue weighted by Crippen LogP contribution is -2.50. The summed E-state index contributed by atoms with van der Waals surface area (Å²) in [6, 6.07) is 5.56. The van der Waals surface area contributed by atoms with Crippen molar-refractivity contribution in [3.63, 3.8) is 0 Å². The van der Waals surface area contributed by atoms with Crippen molar-refractivity contribution in [3.05, 3.63) is 34.9 Å². The van der Waals surface area contributed by atoms with Crippen LogP contribution >= 0.6 is 0 Å². The highest BCUT2D eigenvalue weighted by Crippen LogP contribution is 2.07. The highest BCUT2D eigenvalue weighted by Gasteiger charge is 2.23. The number of aromatic nitrogens is 3. The Bertz CT molecular complexity index is 663. The lowest BCUT2D eigenvalue weighted by Gasteiger charge is -2.34. The molecule has 114 valence electrons. The normalized spacial score (nSPS) is 21.7. The predicted octanol–water partition coefficient (Wildman–Crippen LogP) is -0.456. The molecule has 3 rings (SSSR count). The second-order valence-electron chi connectivity index (χ2n) is 5.50. The molecule has 2 N–H and O–H groups in total. The van der Waals surface area contributed by atoms with Gasteiger partial charge in [-0.2, -0.15) is 0 Å². The van der Waals surface area contributed by atoms with E-state index in [0.29, 0.717) is 18.8 Å². The molecule has 7 heteroatoms. The van der Waals surface area contributed by atoms with Gasteiger partial charge >= 0.3 is 5.69 Å². The van der Waals surface area contributed by atoms with Crippen LogP contribution in [0.5, 0.6) is 0 Å². The molecule has 0 radical (unpaired) electrons. The van der Waals surface area contributed by atoms with Crippen LogP contribution in [0, 0.1) is 0 Å². The van der Waals surface area contributed by atoms with Gasteiger partial charge in [0.05, 0.1) is 19.3 Å². The number of pyridine rings is 1. The van der Waals surface area contributed by atoms with E-state index in [4.69, 9.17) is 10.5 Å². The average Bonchev–Trinajstić information content (AvgIpc) is 2.82. The van der Waals surface area contributed by atoms with Gasteiger partial charge in [0, 0.05) is 31.9 Å². The Labute approximate surface area is 122 Å². The van der Waals surface area contributed by atoms with Gasteiger partial charge < -0.3 is 10.5 Å². The van der Waals surface area contributed by atoms with Gasteiger partial charge in [0.25, 0.3) is 0 Å². The summed E-state index contributed by atoms with van der Waals surface area (Å²) >= 11 is 0. The molecule has 2 aromatic rings. The Balaban J connectivity index is 1.66. The van der Waals surface area contributed by atoms with Gasteiger partial charge in [-0.3, -0.25) is 9.30 Å². The van der Waals surface area contributed by atoms with Crippen molar-refractivity contribution in [1.29, 1.82) is 0 Å². The van der Waals surface area contributed by atoms with E-state index in [2.05, 4.69) is 10.00 Å². The summed E-state index contributed by atoms with van der Waals surface area (Å²) in [5, 5.41) is 4.34. The minimum Gasteiger partial charge on any atom is -0.374 e. The third-order valence-electron chi connectivity index (χ3n) is 3.88. The Morgan fingerprint density at radius 1 is 1.48 bits per heavy atom. The zero-order valence-corrected chi connectivity index (χ0v) is 12.2. The van der Waals surface area contributed by atoms with E-state index in [1.54, 1.807) is 10.6 Å². The van der Waals surface area contributed by atoms with Gasteiger partial charge in [-0.25, -0.2) is 9.48 Å². The number of nitrogens with zero attached hydrogens (tertiary/aromatic N) is 4. The van der Waals surface area contributed by atoms with E-state index in [-0.39, 0.29) is 17.8 Å². The third-order valence-corrected chi connectivity index (χ3v) is 3.88. The molecule has 7 nitrogen and oxygen atoms in total. The average molecular weight is 291 g/mol. The molecule has 0 aromatic carbocycles. The van der Waals surface area contributed by atoms with Gasteiger partial charge in [0.2, 0.25) is 0 Å². The molecular weight excluding hydrogens is 270 g/mol. The van der Waals surface area contributed by atoms with Gasteiger partial charge in [0.15, 0.2) is 5.65 Å². The number of morpholine rings is 1. The van der Waals surface area contributed by atoms with Crippen LogP contribution in [0.2, 0.25) is 0 Å². The molecule has 0 bridgehead atoms. The van der Waals surface area contributed by atoms with E-state index in [9.17, 15) is 4.79 Å². The summed E-state index contributed by atoms with van der Waals surface area (Å²) in [5.41, 5.74) is 6.47. The standard InChI is InChI=1S/C14H21N5O2/c1-11(15)12-10-17(8-9-21-12)6-7-19-14(20)18-5-3-2-4-13(18)16-19/h2-5,11-12H,6-10,15H2,1H3. The largest absolute Gasteiger partial charge is 0.374 e. The quantitative estimate of drug-likeness (QED) is 0.825. The third kappa shape index (κ3) is 2.99. The van der Waals surface area contributed by atoms with Crippen molar-refractivity contribution in [2.45, 2.75) is 25.6 Å². The molecule has 1 aliphatic heterocycles.